The first-order chi connectivity index (χ1) is 8.18. The van der Waals surface area contributed by atoms with Crippen LogP contribution in [-0.2, 0) is 12.8 Å². The van der Waals surface area contributed by atoms with Crippen LogP contribution in [0, 0.1) is 0 Å². The Kier molecular flexibility index (Phi) is 2.14. The number of carbonyl (C=O) groups is 2. The Bertz CT molecular complexity index is 586. The van der Waals surface area contributed by atoms with Gasteiger partial charge in [-0.2, -0.15) is 0 Å². The Morgan fingerprint density at radius 2 is 1.53 bits per heavy atom. The van der Waals surface area contributed by atoms with E-state index in [2.05, 4.69) is 10.3 Å². The van der Waals surface area contributed by atoms with E-state index in [4.69, 9.17) is 0 Å². The number of H-pyrrole nitrogens is 1. The van der Waals surface area contributed by atoms with Crippen molar-refractivity contribution >= 4 is 11.8 Å². The van der Waals surface area contributed by atoms with Crippen molar-refractivity contribution in [2.24, 2.45) is 0 Å². The predicted molar refractivity (Wildman–Crippen MR) is 60.1 cm³/mol. The van der Waals surface area contributed by atoms with Crippen molar-refractivity contribution in [1.82, 2.24) is 10.3 Å². The van der Waals surface area contributed by atoms with Crippen molar-refractivity contribution in [2.45, 2.75) is 32.1 Å². The third-order valence-corrected chi connectivity index (χ3v) is 3.44. The first-order valence-electron chi connectivity index (χ1n) is 5.82. The van der Waals surface area contributed by atoms with Crippen LogP contribution in [0.5, 0.6) is 0 Å². The number of aromatic amines is 1. The standard InChI is InChI=1S/C12H12N2O3/c15-10-8-6-4-2-1-3-5-7(6)13-11(16)9(8)12(17)14-10/h1-5H2,(H,13,16)(H,14,15,17). The van der Waals surface area contributed by atoms with Crippen molar-refractivity contribution in [3.8, 4) is 0 Å². The number of fused-ring (bicyclic) bond motifs is 3. The molecule has 0 fully saturated rings. The molecule has 5 nitrogen and oxygen atoms in total. The summed E-state index contributed by atoms with van der Waals surface area (Å²) < 4.78 is 0. The van der Waals surface area contributed by atoms with E-state index in [1.54, 1.807) is 0 Å². The molecule has 0 spiro atoms. The Balaban J connectivity index is 2.32. The van der Waals surface area contributed by atoms with Crippen molar-refractivity contribution < 1.29 is 9.59 Å². The van der Waals surface area contributed by atoms with E-state index < -0.39 is 17.4 Å². The smallest absolute Gasteiger partial charge is 0.264 e. The number of hydrogen-bond donors (Lipinski definition) is 2. The van der Waals surface area contributed by atoms with Gasteiger partial charge >= 0.3 is 0 Å². The minimum atomic E-state index is -0.571. The number of carbonyl (C=O) groups excluding carboxylic acids is 2. The lowest BCUT2D eigenvalue weighted by Gasteiger charge is -2.08. The molecule has 0 saturated heterocycles. The molecule has 0 saturated carbocycles. The highest BCUT2D eigenvalue weighted by Crippen LogP contribution is 2.25. The quantitative estimate of drug-likeness (QED) is 0.505. The molecule has 0 atom stereocenters. The van der Waals surface area contributed by atoms with E-state index in [0.29, 0.717) is 5.56 Å². The minimum absolute atomic E-state index is 0.00403. The second-order valence-corrected chi connectivity index (χ2v) is 4.51. The molecule has 2 amide bonds. The van der Waals surface area contributed by atoms with Gasteiger partial charge in [0, 0.05) is 5.69 Å². The first kappa shape index (κ1) is 10.3. The predicted octanol–water partition coefficient (Wildman–Crippen LogP) is 0.527. The van der Waals surface area contributed by atoms with Crippen LogP contribution >= 0.6 is 0 Å². The van der Waals surface area contributed by atoms with Gasteiger partial charge in [0.25, 0.3) is 17.4 Å². The molecule has 2 heterocycles. The SMILES string of the molecule is O=C1NC(=O)c2c1c1c([nH]c2=O)CCCCC1. The van der Waals surface area contributed by atoms with Gasteiger partial charge in [0.15, 0.2) is 0 Å². The molecular formula is C12H12N2O3. The minimum Gasteiger partial charge on any atom is -0.325 e. The molecule has 5 heteroatoms. The summed E-state index contributed by atoms with van der Waals surface area (Å²) >= 11 is 0. The summed E-state index contributed by atoms with van der Waals surface area (Å²) in [6, 6.07) is 0. The number of pyridine rings is 1. The molecule has 3 rings (SSSR count). The molecule has 1 aliphatic carbocycles. The molecule has 0 unspecified atom stereocenters. The van der Waals surface area contributed by atoms with Gasteiger partial charge in [-0.15, -0.1) is 0 Å². The second-order valence-electron chi connectivity index (χ2n) is 4.51. The number of amides is 2. The summed E-state index contributed by atoms with van der Waals surface area (Å²) in [6.45, 7) is 0. The zero-order valence-corrected chi connectivity index (χ0v) is 9.26. The van der Waals surface area contributed by atoms with Crippen LogP contribution in [-0.4, -0.2) is 16.8 Å². The van der Waals surface area contributed by atoms with Crippen LogP contribution in [0.1, 0.15) is 51.2 Å². The van der Waals surface area contributed by atoms with E-state index >= 15 is 0 Å². The van der Waals surface area contributed by atoms with E-state index in [1.807, 2.05) is 0 Å². The summed E-state index contributed by atoms with van der Waals surface area (Å²) in [7, 11) is 0. The van der Waals surface area contributed by atoms with Gasteiger partial charge in [-0.05, 0) is 31.2 Å². The summed E-state index contributed by atoms with van der Waals surface area (Å²) in [5, 5.41) is 2.20. The fourth-order valence-corrected chi connectivity index (χ4v) is 2.66. The van der Waals surface area contributed by atoms with Gasteiger partial charge in [0.1, 0.15) is 5.56 Å². The summed E-state index contributed by atoms with van der Waals surface area (Å²) in [5.74, 6) is -0.993. The third-order valence-electron chi connectivity index (χ3n) is 3.44. The summed E-state index contributed by atoms with van der Waals surface area (Å²) in [6.07, 6.45) is 4.62. The van der Waals surface area contributed by atoms with Gasteiger partial charge in [-0.1, -0.05) is 6.42 Å². The normalized spacial score (nSPS) is 18.4. The van der Waals surface area contributed by atoms with Crippen molar-refractivity contribution in [3.05, 3.63) is 32.7 Å². The molecule has 17 heavy (non-hydrogen) atoms. The molecule has 0 radical (unpaired) electrons. The van der Waals surface area contributed by atoms with E-state index in [0.717, 1.165) is 43.4 Å². The number of imide groups is 1. The zero-order chi connectivity index (χ0) is 12.0. The molecule has 1 aromatic rings. The number of nitrogens with one attached hydrogen (secondary N) is 2. The maximum Gasteiger partial charge on any atom is 0.264 e. The number of aryl methyl sites for hydroxylation is 1. The van der Waals surface area contributed by atoms with Crippen LogP contribution in [0.3, 0.4) is 0 Å². The lowest BCUT2D eigenvalue weighted by atomic mass is 9.99. The number of hydrogen-bond acceptors (Lipinski definition) is 3. The second kappa shape index (κ2) is 3.55. The van der Waals surface area contributed by atoms with Gasteiger partial charge in [-0.25, -0.2) is 0 Å². The van der Waals surface area contributed by atoms with Crippen molar-refractivity contribution in [2.75, 3.05) is 0 Å². The van der Waals surface area contributed by atoms with E-state index in [9.17, 15) is 14.4 Å². The van der Waals surface area contributed by atoms with E-state index in [1.165, 1.54) is 0 Å². The lowest BCUT2D eigenvalue weighted by molar-refractivity contribution is 0.0879. The largest absolute Gasteiger partial charge is 0.325 e. The van der Waals surface area contributed by atoms with Gasteiger partial charge in [-0.3, -0.25) is 19.7 Å². The Labute approximate surface area is 97.2 Å². The van der Waals surface area contributed by atoms with Crippen molar-refractivity contribution in [1.29, 1.82) is 0 Å². The Morgan fingerprint density at radius 1 is 0.824 bits per heavy atom. The number of aromatic nitrogens is 1. The van der Waals surface area contributed by atoms with Crippen LogP contribution in [0.2, 0.25) is 0 Å². The molecule has 1 aromatic heterocycles. The van der Waals surface area contributed by atoms with Crippen LogP contribution in [0.4, 0.5) is 0 Å². The van der Waals surface area contributed by atoms with Crippen molar-refractivity contribution in [3.63, 3.8) is 0 Å². The molecule has 0 aromatic carbocycles. The molecule has 88 valence electrons. The van der Waals surface area contributed by atoms with Gasteiger partial charge < -0.3 is 4.98 Å². The molecule has 2 N–H and O–H groups in total. The Morgan fingerprint density at radius 3 is 2.35 bits per heavy atom. The highest BCUT2D eigenvalue weighted by molar-refractivity contribution is 6.22. The monoisotopic (exact) mass is 232 g/mol. The van der Waals surface area contributed by atoms with Crippen LogP contribution in [0.25, 0.3) is 0 Å². The molecule has 1 aliphatic heterocycles. The maximum atomic E-state index is 11.8. The fourth-order valence-electron chi connectivity index (χ4n) is 2.66. The Hall–Kier alpha value is -1.91. The zero-order valence-electron chi connectivity index (χ0n) is 9.26. The maximum absolute atomic E-state index is 11.8. The fraction of sp³-hybridized carbons (Fsp3) is 0.417. The highest BCUT2D eigenvalue weighted by Gasteiger charge is 2.34. The average molecular weight is 232 g/mol. The van der Waals surface area contributed by atoms with Crippen LogP contribution < -0.4 is 10.9 Å². The lowest BCUT2D eigenvalue weighted by Crippen LogP contribution is -2.23. The molecular weight excluding hydrogens is 220 g/mol. The van der Waals surface area contributed by atoms with Gasteiger partial charge in [0.05, 0.1) is 5.56 Å². The summed E-state index contributed by atoms with van der Waals surface area (Å²) in [5.41, 5.74) is 1.56. The highest BCUT2D eigenvalue weighted by atomic mass is 16.2. The number of rotatable bonds is 0. The van der Waals surface area contributed by atoms with E-state index in [-0.39, 0.29) is 5.56 Å². The molecule has 2 aliphatic rings. The third kappa shape index (κ3) is 1.42. The molecule has 0 bridgehead atoms. The average Bonchev–Trinajstić information content (AvgIpc) is 2.49. The van der Waals surface area contributed by atoms with Crippen LogP contribution in [0.15, 0.2) is 4.79 Å². The first-order valence-corrected chi connectivity index (χ1v) is 5.82. The topological polar surface area (TPSA) is 79.0 Å². The summed E-state index contributed by atoms with van der Waals surface area (Å²) in [4.78, 5) is 37.8. The van der Waals surface area contributed by atoms with Gasteiger partial charge in [0.2, 0.25) is 0 Å².